The van der Waals surface area contributed by atoms with Gasteiger partial charge in [0.05, 0.1) is 0 Å². The Morgan fingerprint density at radius 2 is 1.19 bits per heavy atom. The summed E-state index contributed by atoms with van der Waals surface area (Å²) in [6, 6.07) is 6.48. The molecule has 0 unspecified atom stereocenters. The third-order valence-electron chi connectivity index (χ3n) is 4.42. The predicted octanol–water partition coefficient (Wildman–Crippen LogP) is 3.37. The average Bonchev–Trinajstić information content (AvgIpc) is 2.55. The van der Waals surface area contributed by atoms with Gasteiger partial charge in [-0.15, -0.1) is 0 Å². The second-order valence-electron chi connectivity index (χ2n) is 6.32. The Labute approximate surface area is 183 Å². The molecule has 2 aromatic rings. The second-order valence-corrected chi connectivity index (χ2v) is 9.03. The molecule has 0 aliphatic rings. The monoisotopic (exact) mass is 424 g/mol. The van der Waals surface area contributed by atoms with Crippen LogP contribution in [0.3, 0.4) is 0 Å². The van der Waals surface area contributed by atoms with Crippen LogP contribution in [0.15, 0.2) is 34.1 Å². The van der Waals surface area contributed by atoms with Crippen LogP contribution >= 0.6 is 0 Å². The Bertz CT molecular complexity index is 1010. The zero-order valence-corrected chi connectivity index (χ0v) is 16.5. The second kappa shape index (κ2) is 9.82. The third-order valence-corrected chi connectivity index (χ3v) is 6.45. The molecule has 0 amide bonds. The third kappa shape index (κ3) is 5.53. The number of benzene rings is 2. The summed E-state index contributed by atoms with van der Waals surface area (Å²) < 4.78 is 67.9. The summed E-state index contributed by atoms with van der Waals surface area (Å²) in [4.78, 5) is -1.42. The molecule has 0 aromatic heterocycles. The molecule has 0 fully saturated rings. The number of unbranched alkanes of at least 4 members (excludes halogenated alkanes) is 2. The fourth-order valence-electron chi connectivity index (χ4n) is 3.29. The van der Waals surface area contributed by atoms with Gasteiger partial charge in [-0.3, -0.25) is 9.11 Å². The van der Waals surface area contributed by atoms with E-state index in [0.717, 1.165) is 24.8 Å². The molecule has 2 N–H and O–H groups in total. The Balaban J connectivity index is 0.00000364. The van der Waals surface area contributed by atoms with Crippen LogP contribution in [0.4, 0.5) is 0 Å². The van der Waals surface area contributed by atoms with Crippen molar-refractivity contribution in [1.82, 2.24) is 0 Å². The Kier molecular flexibility index (Phi) is 8.94. The summed E-state index contributed by atoms with van der Waals surface area (Å²) in [5.74, 6) is 0. The van der Waals surface area contributed by atoms with Crippen molar-refractivity contribution in [3.63, 3.8) is 0 Å². The first-order valence-electron chi connectivity index (χ1n) is 8.64. The van der Waals surface area contributed by atoms with Crippen molar-refractivity contribution >= 4 is 60.6 Å². The first-order valence-corrected chi connectivity index (χ1v) is 11.5. The van der Waals surface area contributed by atoms with E-state index in [0.29, 0.717) is 24.6 Å². The Morgan fingerprint density at radius 3 is 1.63 bits per heavy atom. The van der Waals surface area contributed by atoms with Gasteiger partial charge in [0, 0.05) is 5.39 Å². The van der Waals surface area contributed by atoms with Gasteiger partial charge < -0.3 is 0 Å². The van der Waals surface area contributed by atoms with Crippen LogP contribution in [0.1, 0.15) is 50.7 Å². The summed E-state index contributed by atoms with van der Waals surface area (Å²) in [5.41, 5.74) is 1.00. The minimum atomic E-state index is -4.87. The number of hydrogen-bond acceptors (Lipinski definition) is 4. The van der Waals surface area contributed by atoms with Crippen LogP contribution in [0, 0.1) is 0 Å². The van der Waals surface area contributed by atoms with Crippen LogP contribution < -0.4 is 0 Å². The van der Waals surface area contributed by atoms with Gasteiger partial charge >= 0.3 is 29.6 Å². The molecule has 0 aliphatic heterocycles. The summed E-state index contributed by atoms with van der Waals surface area (Å²) in [6.07, 6.45) is 3.93. The molecule has 0 radical (unpaired) electrons. The zero-order chi connectivity index (χ0) is 19.5. The van der Waals surface area contributed by atoms with E-state index in [1.54, 1.807) is 18.2 Å². The zero-order valence-electron chi connectivity index (χ0n) is 14.9. The van der Waals surface area contributed by atoms with E-state index in [-0.39, 0.29) is 40.5 Å². The molecule has 0 spiro atoms. The van der Waals surface area contributed by atoms with Crippen LogP contribution in [0.2, 0.25) is 0 Å². The Morgan fingerprint density at radius 1 is 0.741 bits per heavy atom. The summed E-state index contributed by atoms with van der Waals surface area (Å²) in [5, 5.41) is 0.695. The van der Waals surface area contributed by atoms with E-state index in [4.69, 9.17) is 0 Å². The molecule has 146 valence electrons. The van der Waals surface area contributed by atoms with E-state index in [2.05, 4.69) is 0 Å². The van der Waals surface area contributed by atoms with Gasteiger partial charge in [0.2, 0.25) is 0 Å². The quantitative estimate of drug-likeness (QED) is 0.497. The topological polar surface area (TPSA) is 109 Å². The van der Waals surface area contributed by atoms with E-state index in [9.17, 15) is 25.9 Å². The van der Waals surface area contributed by atoms with Crippen molar-refractivity contribution in [3.8, 4) is 0 Å². The normalized spacial score (nSPS) is 12.1. The molecule has 0 saturated carbocycles. The van der Waals surface area contributed by atoms with E-state index >= 15 is 0 Å². The van der Waals surface area contributed by atoms with Crippen molar-refractivity contribution in [1.29, 1.82) is 0 Å². The molecule has 6 nitrogen and oxygen atoms in total. The van der Waals surface area contributed by atoms with Gasteiger partial charge in [0.15, 0.2) is 0 Å². The molecule has 0 aliphatic carbocycles. The van der Waals surface area contributed by atoms with Crippen molar-refractivity contribution in [2.75, 3.05) is 0 Å². The fraction of sp³-hybridized carbons (Fsp3) is 0.444. The summed E-state index contributed by atoms with van der Waals surface area (Å²) >= 11 is 0. The molecule has 27 heavy (non-hydrogen) atoms. The van der Waals surface area contributed by atoms with Gasteiger partial charge in [-0.1, -0.05) is 51.0 Å². The van der Waals surface area contributed by atoms with Crippen molar-refractivity contribution in [2.45, 2.75) is 62.2 Å². The SMILES string of the molecule is CCCCc1c(S(=O)(=O)O)c(S(=O)(=O)O)c2ccccc2c1CCCC.[NaH]. The number of hydrogen-bond donors (Lipinski definition) is 2. The van der Waals surface area contributed by atoms with Crippen LogP contribution in [0.25, 0.3) is 10.8 Å². The van der Waals surface area contributed by atoms with Crippen LogP contribution in [0.5, 0.6) is 0 Å². The van der Waals surface area contributed by atoms with Crippen molar-refractivity contribution < 1.29 is 25.9 Å². The molecule has 0 saturated heterocycles. The molecule has 0 bridgehead atoms. The molecule has 0 atom stereocenters. The number of fused-ring (bicyclic) bond motifs is 1. The first-order chi connectivity index (χ1) is 12.1. The van der Waals surface area contributed by atoms with Crippen molar-refractivity contribution in [2.24, 2.45) is 0 Å². The molecule has 2 rings (SSSR count). The summed E-state index contributed by atoms with van der Waals surface area (Å²) in [7, 11) is -9.72. The number of rotatable bonds is 8. The average molecular weight is 425 g/mol. The van der Waals surface area contributed by atoms with E-state index in [1.807, 2.05) is 13.8 Å². The van der Waals surface area contributed by atoms with E-state index < -0.39 is 30.0 Å². The minimum absolute atomic E-state index is 0. The van der Waals surface area contributed by atoms with Crippen LogP contribution in [-0.4, -0.2) is 55.5 Å². The van der Waals surface area contributed by atoms with Crippen LogP contribution in [-0.2, 0) is 33.1 Å². The summed E-state index contributed by atoms with van der Waals surface area (Å²) in [6.45, 7) is 3.94. The van der Waals surface area contributed by atoms with Gasteiger partial charge in [0.25, 0.3) is 20.2 Å². The molecular formula is C18H25NaO6S2. The maximum atomic E-state index is 12.1. The van der Waals surface area contributed by atoms with E-state index in [1.165, 1.54) is 6.07 Å². The maximum absolute atomic E-state index is 12.1. The molecule has 9 heteroatoms. The molecular weight excluding hydrogens is 399 g/mol. The molecule has 0 heterocycles. The standard InChI is InChI=1S/C18H24O6S2.Na.H/c1-3-5-9-13-14-11-7-8-12-16(14)18(26(22,23)24)17(25(19,20)21)15(13)10-6-4-2;;/h7-8,11-12H,3-6,9-10H2,1-2H3,(H,19,20,21)(H,22,23,24);;. The number of aryl methyl sites for hydroxylation is 1. The van der Waals surface area contributed by atoms with Gasteiger partial charge in [-0.2, -0.15) is 16.8 Å². The Hall–Kier alpha value is -0.480. The molecule has 2 aromatic carbocycles. The predicted molar refractivity (Wildman–Crippen MR) is 108 cm³/mol. The van der Waals surface area contributed by atoms with Gasteiger partial charge in [-0.05, 0) is 42.2 Å². The van der Waals surface area contributed by atoms with Gasteiger partial charge in [-0.25, -0.2) is 0 Å². The van der Waals surface area contributed by atoms with Crippen molar-refractivity contribution in [3.05, 3.63) is 35.4 Å². The van der Waals surface area contributed by atoms with Gasteiger partial charge in [0.1, 0.15) is 9.79 Å². The first kappa shape index (κ1) is 24.6. The fourth-order valence-corrected chi connectivity index (χ4v) is 5.62.